The number of H-pyrrole nitrogens is 1. The third kappa shape index (κ3) is 3.08. The first-order valence-electron chi connectivity index (χ1n) is 8.44. The number of carbonyl (C=O) groups is 1. The fourth-order valence-electron chi connectivity index (χ4n) is 3.12. The molecule has 0 aromatic carbocycles. The molecule has 0 aliphatic carbocycles. The Hall–Kier alpha value is -2.15. The van der Waals surface area contributed by atoms with Crippen LogP contribution in [0.3, 0.4) is 0 Å². The van der Waals surface area contributed by atoms with Crippen LogP contribution < -0.4 is 0 Å². The number of aliphatic hydroxyl groups is 1. The van der Waals surface area contributed by atoms with E-state index in [1.165, 1.54) is 0 Å². The van der Waals surface area contributed by atoms with Crippen molar-refractivity contribution >= 4 is 5.91 Å². The minimum atomic E-state index is -0.211. The first-order chi connectivity index (χ1) is 11.5. The second-order valence-corrected chi connectivity index (χ2v) is 6.63. The predicted molar refractivity (Wildman–Crippen MR) is 87.5 cm³/mol. The Morgan fingerprint density at radius 2 is 2.29 bits per heavy atom. The van der Waals surface area contributed by atoms with Gasteiger partial charge >= 0.3 is 0 Å². The number of nitrogens with zero attached hydrogens (tertiary/aromatic N) is 3. The molecule has 2 aromatic rings. The van der Waals surface area contributed by atoms with Gasteiger partial charge in [0.05, 0.1) is 6.04 Å². The summed E-state index contributed by atoms with van der Waals surface area (Å²) < 4.78 is 5.52. The van der Waals surface area contributed by atoms with Crippen LogP contribution in [0.5, 0.6) is 0 Å². The lowest BCUT2D eigenvalue weighted by Gasteiger charge is -2.33. The van der Waals surface area contributed by atoms with Crippen LogP contribution in [0.25, 0.3) is 0 Å². The molecule has 0 spiro atoms. The number of furan rings is 1. The average molecular weight is 332 g/mol. The average Bonchev–Trinajstić information content (AvgIpc) is 3.21. The number of hydrogen-bond acceptors (Lipinski definition) is 5. The molecular formula is C17H24N4O3. The molecule has 1 amide bonds. The van der Waals surface area contributed by atoms with Crippen LogP contribution >= 0.6 is 0 Å². The van der Waals surface area contributed by atoms with Crippen molar-refractivity contribution in [2.75, 3.05) is 6.54 Å². The maximum atomic E-state index is 13.0. The number of hydrogen-bond donors (Lipinski definition) is 2. The first kappa shape index (κ1) is 16.7. The number of carbonyl (C=O) groups excluding carboxylic acids is 1. The van der Waals surface area contributed by atoms with E-state index in [4.69, 9.17) is 4.42 Å². The number of aliphatic hydroxyl groups excluding tert-OH is 1. The number of aromatic amines is 1. The second-order valence-electron chi connectivity index (χ2n) is 6.63. The number of piperidine rings is 1. The Morgan fingerprint density at radius 3 is 2.92 bits per heavy atom. The van der Waals surface area contributed by atoms with Crippen molar-refractivity contribution in [2.45, 2.75) is 58.6 Å². The van der Waals surface area contributed by atoms with Gasteiger partial charge in [-0.05, 0) is 32.3 Å². The maximum absolute atomic E-state index is 13.0. The number of aryl methyl sites for hydroxylation is 1. The van der Waals surface area contributed by atoms with Gasteiger partial charge in [0.15, 0.2) is 11.6 Å². The highest BCUT2D eigenvalue weighted by atomic mass is 16.4. The molecule has 0 bridgehead atoms. The van der Waals surface area contributed by atoms with Crippen LogP contribution in [0.4, 0.5) is 0 Å². The van der Waals surface area contributed by atoms with Gasteiger partial charge in [0.25, 0.3) is 5.91 Å². The fourth-order valence-corrected chi connectivity index (χ4v) is 3.12. The van der Waals surface area contributed by atoms with Crippen LogP contribution in [-0.2, 0) is 6.61 Å². The molecule has 3 rings (SSSR count). The van der Waals surface area contributed by atoms with Crippen molar-refractivity contribution < 1.29 is 14.3 Å². The molecule has 1 aliphatic heterocycles. The molecule has 130 valence electrons. The summed E-state index contributed by atoms with van der Waals surface area (Å²) in [5, 5.41) is 16.5. The standard InChI is InChI=1S/C17H24N4O3/c1-10(2)15-18-16(20-19-15)13-6-4-5-7-21(13)17(23)14-11(3)8-12(9-22)24-14/h8,10,13,22H,4-7,9H2,1-3H3,(H,18,19,20)/t13-/m0/s1. The zero-order valence-corrected chi connectivity index (χ0v) is 14.4. The SMILES string of the molecule is Cc1cc(CO)oc1C(=O)N1CCCC[C@H]1c1nc(C(C)C)n[nH]1. The van der Waals surface area contributed by atoms with E-state index in [0.29, 0.717) is 18.1 Å². The molecule has 1 aliphatic rings. The predicted octanol–water partition coefficient (Wildman–Crippen LogP) is 2.69. The van der Waals surface area contributed by atoms with Crippen molar-refractivity contribution in [3.05, 3.63) is 34.8 Å². The lowest BCUT2D eigenvalue weighted by Crippen LogP contribution is -2.39. The van der Waals surface area contributed by atoms with E-state index in [1.54, 1.807) is 11.0 Å². The molecule has 7 nitrogen and oxygen atoms in total. The Morgan fingerprint density at radius 1 is 1.50 bits per heavy atom. The fraction of sp³-hybridized carbons (Fsp3) is 0.588. The quantitative estimate of drug-likeness (QED) is 0.897. The smallest absolute Gasteiger partial charge is 0.290 e. The number of rotatable bonds is 4. The summed E-state index contributed by atoms with van der Waals surface area (Å²) in [6.07, 6.45) is 2.86. The van der Waals surface area contributed by atoms with Crippen molar-refractivity contribution in [3.8, 4) is 0 Å². The molecular weight excluding hydrogens is 308 g/mol. The van der Waals surface area contributed by atoms with Gasteiger partial charge in [0.2, 0.25) is 0 Å². The number of aromatic nitrogens is 3. The molecule has 2 aromatic heterocycles. The summed E-state index contributed by atoms with van der Waals surface area (Å²) >= 11 is 0. The van der Waals surface area contributed by atoms with Crippen LogP contribution in [0.15, 0.2) is 10.5 Å². The van der Waals surface area contributed by atoms with E-state index in [1.807, 2.05) is 20.8 Å². The van der Waals surface area contributed by atoms with E-state index in [9.17, 15) is 9.90 Å². The zero-order chi connectivity index (χ0) is 17.3. The molecule has 1 atom stereocenters. The number of amides is 1. The Labute approximate surface area is 141 Å². The molecule has 3 heterocycles. The van der Waals surface area contributed by atoms with E-state index in [-0.39, 0.29) is 24.5 Å². The Bertz CT molecular complexity index is 719. The third-order valence-corrected chi connectivity index (χ3v) is 4.43. The van der Waals surface area contributed by atoms with Gasteiger partial charge in [-0.2, -0.15) is 5.10 Å². The minimum absolute atomic E-state index is 0.117. The highest BCUT2D eigenvalue weighted by Crippen LogP contribution is 2.31. The van der Waals surface area contributed by atoms with Gasteiger partial charge in [-0.15, -0.1) is 0 Å². The molecule has 24 heavy (non-hydrogen) atoms. The zero-order valence-electron chi connectivity index (χ0n) is 14.4. The summed E-state index contributed by atoms with van der Waals surface area (Å²) in [4.78, 5) is 19.3. The third-order valence-electron chi connectivity index (χ3n) is 4.43. The molecule has 0 saturated carbocycles. The highest BCUT2D eigenvalue weighted by Gasteiger charge is 2.33. The van der Waals surface area contributed by atoms with Crippen LogP contribution in [0.1, 0.15) is 78.6 Å². The van der Waals surface area contributed by atoms with E-state index >= 15 is 0 Å². The normalized spacial score (nSPS) is 18.4. The second kappa shape index (κ2) is 6.76. The minimum Gasteiger partial charge on any atom is -0.453 e. The molecule has 0 radical (unpaired) electrons. The molecule has 7 heteroatoms. The van der Waals surface area contributed by atoms with Crippen LogP contribution in [0, 0.1) is 6.92 Å². The summed E-state index contributed by atoms with van der Waals surface area (Å²) in [5.74, 6) is 2.29. The van der Waals surface area contributed by atoms with Crippen molar-refractivity contribution in [2.24, 2.45) is 0 Å². The van der Waals surface area contributed by atoms with Gasteiger partial charge in [-0.3, -0.25) is 9.89 Å². The topological polar surface area (TPSA) is 95.2 Å². The number of likely N-dealkylation sites (tertiary alicyclic amines) is 1. The van der Waals surface area contributed by atoms with Gasteiger partial charge in [0, 0.05) is 18.0 Å². The van der Waals surface area contributed by atoms with Gasteiger partial charge in [0.1, 0.15) is 18.2 Å². The lowest BCUT2D eigenvalue weighted by molar-refractivity contribution is 0.0562. The monoisotopic (exact) mass is 332 g/mol. The summed E-state index contributed by atoms with van der Waals surface area (Å²) in [6, 6.07) is 1.59. The van der Waals surface area contributed by atoms with Gasteiger partial charge in [-0.25, -0.2) is 4.98 Å². The van der Waals surface area contributed by atoms with Crippen molar-refractivity contribution in [1.82, 2.24) is 20.1 Å². The van der Waals surface area contributed by atoms with E-state index < -0.39 is 0 Å². The van der Waals surface area contributed by atoms with Crippen molar-refractivity contribution in [3.63, 3.8) is 0 Å². The highest BCUT2D eigenvalue weighted by molar-refractivity contribution is 5.93. The Balaban J connectivity index is 1.88. The number of nitrogens with one attached hydrogen (secondary N) is 1. The van der Waals surface area contributed by atoms with Gasteiger partial charge < -0.3 is 14.4 Å². The van der Waals surface area contributed by atoms with Crippen LogP contribution in [-0.4, -0.2) is 37.6 Å². The summed E-state index contributed by atoms with van der Waals surface area (Å²) in [7, 11) is 0. The summed E-state index contributed by atoms with van der Waals surface area (Å²) in [6.45, 7) is 6.35. The first-order valence-corrected chi connectivity index (χ1v) is 8.44. The maximum Gasteiger partial charge on any atom is 0.290 e. The lowest BCUT2D eigenvalue weighted by atomic mass is 10.0. The van der Waals surface area contributed by atoms with E-state index in [2.05, 4.69) is 15.2 Å². The molecule has 2 N–H and O–H groups in total. The van der Waals surface area contributed by atoms with E-state index in [0.717, 1.165) is 36.5 Å². The van der Waals surface area contributed by atoms with Crippen molar-refractivity contribution in [1.29, 1.82) is 0 Å². The van der Waals surface area contributed by atoms with Gasteiger partial charge in [-0.1, -0.05) is 13.8 Å². The molecule has 1 fully saturated rings. The molecule has 1 saturated heterocycles. The molecule has 0 unspecified atom stereocenters. The van der Waals surface area contributed by atoms with Crippen LogP contribution in [0.2, 0.25) is 0 Å². The Kier molecular flexibility index (Phi) is 4.71. The largest absolute Gasteiger partial charge is 0.453 e. The summed E-state index contributed by atoms with van der Waals surface area (Å²) in [5.41, 5.74) is 0.744.